The number of rotatable bonds is 6. The number of nitrogens with zero attached hydrogens (tertiary/aromatic N) is 1. The molecule has 0 spiro atoms. The zero-order valence-corrected chi connectivity index (χ0v) is 12.0. The van der Waals surface area contributed by atoms with Gasteiger partial charge >= 0.3 is 11.7 Å². The van der Waals surface area contributed by atoms with Crippen LogP contribution in [0, 0.1) is 16.0 Å². The van der Waals surface area contributed by atoms with Crippen LogP contribution in [-0.4, -0.2) is 35.6 Å². The Labute approximate surface area is 120 Å². The number of carboxylic acid groups (broad SMARTS) is 1. The quantitative estimate of drug-likeness (QED) is 0.516. The Morgan fingerprint density at radius 1 is 1.38 bits per heavy atom. The molecule has 3 N–H and O–H groups in total. The second kappa shape index (κ2) is 6.06. The predicted molar refractivity (Wildman–Crippen MR) is 71.3 cm³/mol. The number of hydrogen-bond donors (Lipinski definition) is 3. The third-order valence-corrected chi connectivity index (χ3v) is 4.49. The molecule has 0 aromatic heterocycles. The van der Waals surface area contributed by atoms with E-state index in [9.17, 15) is 28.4 Å². The maximum atomic E-state index is 12.0. The Hall–Kier alpha value is -2.20. The lowest BCUT2D eigenvalue weighted by Gasteiger charge is -2.17. The van der Waals surface area contributed by atoms with Crippen molar-refractivity contribution in [1.82, 2.24) is 4.72 Å². The summed E-state index contributed by atoms with van der Waals surface area (Å²) in [5.41, 5.74) is -0.753. The molecule has 10 heteroatoms. The topological polar surface area (TPSA) is 147 Å². The molecule has 0 aliphatic heterocycles. The van der Waals surface area contributed by atoms with Gasteiger partial charge in [-0.1, -0.05) is 6.92 Å². The number of hydrogen-bond acceptors (Lipinski definition) is 6. The SMILES string of the molecule is CC(NS(=O)(=O)c1ccc(O)c([N+](=O)[O-])c1)C(C)C(=O)O. The molecule has 1 rings (SSSR count). The summed E-state index contributed by atoms with van der Waals surface area (Å²) in [6, 6.07) is 1.66. The molecule has 0 heterocycles. The highest BCUT2D eigenvalue weighted by molar-refractivity contribution is 7.89. The number of nitro groups is 1. The summed E-state index contributed by atoms with van der Waals surface area (Å²) < 4.78 is 26.2. The van der Waals surface area contributed by atoms with Gasteiger partial charge in [-0.25, -0.2) is 13.1 Å². The normalized spacial score (nSPS) is 14.4. The first kappa shape index (κ1) is 16.9. The Bertz CT molecular complexity index is 671. The van der Waals surface area contributed by atoms with E-state index in [0.717, 1.165) is 12.1 Å². The van der Waals surface area contributed by atoms with E-state index in [1.807, 2.05) is 0 Å². The molecule has 2 unspecified atom stereocenters. The van der Waals surface area contributed by atoms with Gasteiger partial charge in [0.25, 0.3) is 0 Å². The maximum Gasteiger partial charge on any atom is 0.312 e. The van der Waals surface area contributed by atoms with Crippen LogP contribution >= 0.6 is 0 Å². The van der Waals surface area contributed by atoms with E-state index in [1.165, 1.54) is 13.8 Å². The molecule has 0 bridgehead atoms. The van der Waals surface area contributed by atoms with E-state index in [4.69, 9.17) is 5.11 Å². The van der Waals surface area contributed by atoms with Crippen molar-refractivity contribution in [2.24, 2.45) is 5.92 Å². The Morgan fingerprint density at radius 3 is 2.43 bits per heavy atom. The van der Waals surface area contributed by atoms with Crippen molar-refractivity contribution >= 4 is 21.7 Å². The van der Waals surface area contributed by atoms with E-state index in [2.05, 4.69) is 4.72 Å². The van der Waals surface area contributed by atoms with Crippen LogP contribution in [0.5, 0.6) is 5.75 Å². The number of aliphatic carboxylic acids is 1. The molecule has 2 atom stereocenters. The summed E-state index contributed by atoms with van der Waals surface area (Å²) in [5, 5.41) is 28.8. The fraction of sp³-hybridized carbons (Fsp3) is 0.364. The maximum absolute atomic E-state index is 12.0. The lowest BCUT2D eigenvalue weighted by atomic mass is 10.1. The van der Waals surface area contributed by atoms with Gasteiger partial charge in [-0.05, 0) is 19.1 Å². The molecule has 21 heavy (non-hydrogen) atoms. The third kappa shape index (κ3) is 3.89. The molecule has 0 saturated heterocycles. The number of carboxylic acids is 1. The van der Waals surface area contributed by atoms with E-state index < -0.39 is 49.2 Å². The molecule has 0 aliphatic carbocycles. The fourth-order valence-electron chi connectivity index (χ4n) is 1.45. The largest absolute Gasteiger partial charge is 0.502 e. The number of benzene rings is 1. The van der Waals surface area contributed by atoms with Crippen LogP contribution in [0.2, 0.25) is 0 Å². The van der Waals surface area contributed by atoms with Crippen molar-refractivity contribution in [3.63, 3.8) is 0 Å². The summed E-state index contributed by atoms with van der Waals surface area (Å²) >= 11 is 0. The van der Waals surface area contributed by atoms with Gasteiger partial charge in [-0.3, -0.25) is 14.9 Å². The van der Waals surface area contributed by atoms with Crippen LogP contribution in [-0.2, 0) is 14.8 Å². The lowest BCUT2D eigenvalue weighted by Crippen LogP contribution is -2.39. The van der Waals surface area contributed by atoms with Crippen molar-refractivity contribution in [3.8, 4) is 5.75 Å². The summed E-state index contributed by atoms with van der Waals surface area (Å²) in [5.74, 6) is -2.82. The zero-order chi connectivity index (χ0) is 16.4. The number of sulfonamides is 1. The smallest absolute Gasteiger partial charge is 0.312 e. The Balaban J connectivity index is 3.12. The Morgan fingerprint density at radius 2 is 1.95 bits per heavy atom. The van der Waals surface area contributed by atoms with E-state index in [-0.39, 0.29) is 0 Å². The first-order chi connectivity index (χ1) is 9.56. The van der Waals surface area contributed by atoms with Gasteiger partial charge in [-0.2, -0.15) is 0 Å². The number of aromatic hydroxyl groups is 1. The fourth-order valence-corrected chi connectivity index (χ4v) is 2.79. The molecule has 0 aliphatic rings. The van der Waals surface area contributed by atoms with Crippen molar-refractivity contribution in [2.45, 2.75) is 24.8 Å². The van der Waals surface area contributed by atoms with Gasteiger partial charge in [0.05, 0.1) is 15.7 Å². The minimum atomic E-state index is -4.14. The predicted octanol–water partition coefficient (Wildman–Crippen LogP) is 0.688. The van der Waals surface area contributed by atoms with Crippen molar-refractivity contribution in [1.29, 1.82) is 0 Å². The van der Waals surface area contributed by atoms with Gasteiger partial charge in [0.1, 0.15) is 0 Å². The van der Waals surface area contributed by atoms with E-state index in [1.54, 1.807) is 0 Å². The van der Waals surface area contributed by atoms with Gasteiger partial charge in [-0.15, -0.1) is 0 Å². The van der Waals surface area contributed by atoms with Crippen LogP contribution < -0.4 is 4.72 Å². The van der Waals surface area contributed by atoms with Crippen molar-refractivity contribution in [3.05, 3.63) is 28.3 Å². The number of carbonyl (C=O) groups is 1. The van der Waals surface area contributed by atoms with Crippen LogP contribution in [0.4, 0.5) is 5.69 Å². The summed E-state index contributed by atoms with van der Waals surface area (Å²) in [4.78, 5) is 20.1. The molecule has 0 saturated carbocycles. The molecular formula is C11H14N2O7S. The van der Waals surface area contributed by atoms with E-state index in [0.29, 0.717) is 6.07 Å². The van der Waals surface area contributed by atoms with Crippen LogP contribution in [0.15, 0.2) is 23.1 Å². The third-order valence-electron chi connectivity index (χ3n) is 2.93. The van der Waals surface area contributed by atoms with Gasteiger partial charge in [0.15, 0.2) is 5.75 Å². The summed E-state index contributed by atoms with van der Waals surface area (Å²) in [6.07, 6.45) is 0. The molecular weight excluding hydrogens is 304 g/mol. The Kier molecular flexibility index (Phi) is 4.86. The standard InChI is InChI=1S/C11H14N2O7S/c1-6(11(15)16)7(2)12-21(19,20)8-3-4-10(14)9(5-8)13(17)18/h3-7,12,14H,1-2H3,(H,15,16). The number of phenolic OH excluding ortho intramolecular Hbond substituents is 1. The average Bonchev–Trinajstić information content (AvgIpc) is 2.36. The van der Waals surface area contributed by atoms with Crippen molar-refractivity contribution < 1.29 is 28.3 Å². The minimum Gasteiger partial charge on any atom is -0.502 e. The van der Waals surface area contributed by atoms with Gasteiger partial charge in [0, 0.05) is 12.1 Å². The van der Waals surface area contributed by atoms with Crippen LogP contribution in [0.3, 0.4) is 0 Å². The lowest BCUT2D eigenvalue weighted by molar-refractivity contribution is -0.386. The van der Waals surface area contributed by atoms with Crippen LogP contribution in [0.1, 0.15) is 13.8 Å². The molecule has 9 nitrogen and oxygen atoms in total. The van der Waals surface area contributed by atoms with Gasteiger partial charge in [0.2, 0.25) is 10.0 Å². The highest BCUT2D eigenvalue weighted by Crippen LogP contribution is 2.28. The number of phenols is 1. The highest BCUT2D eigenvalue weighted by Gasteiger charge is 2.27. The minimum absolute atomic E-state index is 0.434. The van der Waals surface area contributed by atoms with Crippen LogP contribution in [0.25, 0.3) is 0 Å². The molecule has 0 radical (unpaired) electrons. The molecule has 0 fully saturated rings. The first-order valence-electron chi connectivity index (χ1n) is 5.79. The molecule has 1 aromatic rings. The molecule has 1 aromatic carbocycles. The average molecular weight is 318 g/mol. The number of nitro benzene ring substituents is 1. The highest BCUT2D eigenvalue weighted by atomic mass is 32.2. The van der Waals surface area contributed by atoms with E-state index >= 15 is 0 Å². The molecule has 116 valence electrons. The van der Waals surface area contributed by atoms with Crippen molar-refractivity contribution in [2.75, 3.05) is 0 Å². The van der Waals surface area contributed by atoms with Gasteiger partial charge < -0.3 is 10.2 Å². The monoisotopic (exact) mass is 318 g/mol. The zero-order valence-electron chi connectivity index (χ0n) is 11.2. The molecule has 0 amide bonds. The summed E-state index contributed by atoms with van der Waals surface area (Å²) in [6.45, 7) is 2.69. The first-order valence-corrected chi connectivity index (χ1v) is 7.27. The second-order valence-electron chi connectivity index (χ2n) is 4.44. The summed E-state index contributed by atoms with van der Waals surface area (Å²) in [7, 11) is -4.14. The second-order valence-corrected chi connectivity index (χ2v) is 6.16. The number of nitrogens with one attached hydrogen (secondary N) is 1.